The van der Waals surface area contributed by atoms with Gasteiger partial charge in [0.2, 0.25) is 0 Å². The van der Waals surface area contributed by atoms with E-state index in [4.69, 9.17) is 37.0 Å². The first kappa shape index (κ1) is 101. The third kappa shape index (κ3) is 78.0. The minimum absolute atomic E-state index is 0.109. The first-order chi connectivity index (χ1) is 50.2. The predicted octanol–water partition coefficient (Wildman–Crippen LogP) is 25.7. The van der Waals surface area contributed by atoms with Gasteiger partial charge in [-0.25, -0.2) is 9.13 Å². The molecule has 17 nitrogen and oxygen atoms in total. The fraction of sp³-hybridized carbons (Fsp3) is 0.952. The standard InChI is InChI=1S/C84H164O17P2/c1-5-9-13-17-21-25-29-33-36-38-40-43-47-51-55-59-63-67-71-84(89)101-80(75-95-82(87)69-65-61-57-53-49-45-42-39-37-34-30-26-22-18-14-10-6-2)77-99-103(92,93)97-73-78(85)72-96-102(90,91)98-76-79(74-94-81(86)68-64-60-56-52-48-44-32-28-24-20-16-12-8-4)100-83(88)70-66-62-58-54-50-46-41-35-31-27-23-19-15-11-7-3/h78-80,85H,5-77H2,1-4H3,(H,90,91)(H,92,93)/t78-,79+,80+/m0/s1. The number of aliphatic hydroxyl groups excluding tert-OH is 1. The minimum Gasteiger partial charge on any atom is -0.462 e. The summed E-state index contributed by atoms with van der Waals surface area (Å²) < 4.78 is 68.9. The van der Waals surface area contributed by atoms with Crippen LogP contribution >= 0.6 is 15.6 Å². The molecule has 0 saturated carbocycles. The van der Waals surface area contributed by atoms with Crippen LogP contribution in [0.15, 0.2) is 0 Å². The van der Waals surface area contributed by atoms with E-state index >= 15 is 0 Å². The van der Waals surface area contributed by atoms with E-state index in [9.17, 15) is 43.2 Å². The van der Waals surface area contributed by atoms with Gasteiger partial charge in [0, 0.05) is 25.7 Å². The highest BCUT2D eigenvalue weighted by Crippen LogP contribution is 2.45. The number of hydrogen-bond acceptors (Lipinski definition) is 15. The van der Waals surface area contributed by atoms with Gasteiger partial charge in [0.25, 0.3) is 0 Å². The second kappa shape index (κ2) is 78.2. The fourth-order valence-electron chi connectivity index (χ4n) is 13.2. The SMILES string of the molecule is CCCCCCCCCCCCCCCCCCCCC(=O)O[C@H](COC(=O)CCCCCCCCCCCCCCCCCCC)COP(=O)(O)OC[C@@H](O)COP(=O)(O)OC[C@@H](COC(=O)CCCCCCCCCCCCCCC)OC(=O)CCCCCCCCCCCCCCCCC. The number of carbonyl (C=O) groups is 4. The van der Waals surface area contributed by atoms with Gasteiger partial charge in [-0.2, -0.15) is 0 Å². The number of aliphatic hydroxyl groups is 1. The van der Waals surface area contributed by atoms with Crippen molar-refractivity contribution >= 4 is 39.5 Å². The first-order valence-corrected chi connectivity index (χ1v) is 46.8. The van der Waals surface area contributed by atoms with Gasteiger partial charge in [0.15, 0.2) is 12.2 Å². The normalized spacial score (nSPS) is 13.7. The van der Waals surface area contributed by atoms with Gasteiger partial charge in [-0.15, -0.1) is 0 Å². The lowest BCUT2D eigenvalue weighted by Gasteiger charge is -2.21. The Bertz CT molecular complexity index is 1950. The van der Waals surface area contributed by atoms with Crippen LogP contribution in [0, 0.1) is 0 Å². The third-order valence-corrected chi connectivity index (χ3v) is 21.8. The lowest BCUT2D eigenvalue weighted by atomic mass is 10.0. The van der Waals surface area contributed by atoms with Crippen LogP contribution in [0.25, 0.3) is 0 Å². The highest BCUT2D eigenvalue weighted by molar-refractivity contribution is 7.47. The maximum Gasteiger partial charge on any atom is 0.472 e. The average molecular weight is 1510 g/mol. The molecule has 0 heterocycles. The molecular weight excluding hydrogens is 1340 g/mol. The van der Waals surface area contributed by atoms with Crippen molar-refractivity contribution in [2.75, 3.05) is 39.6 Å². The van der Waals surface area contributed by atoms with Gasteiger partial charge in [-0.3, -0.25) is 37.3 Å². The summed E-state index contributed by atoms with van der Waals surface area (Å²) in [7, 11) is -9.92. The summed E-state index contributed by atoms with van der Waals surface area (Å²) >= 11 is 0. The molecule has 0 amide bonds. The molecule has 0 bridgehead atoms. The molecule has 0 aliphatic carbocycles. The molecule has 0 aliphatic heterocycles. The number of esters is 4. The molecular formula is C84H164O17P2. The number of unbranched alkanes of at least 4 members (excludes halogenated alkanes) is 59. The predicted molar refractivity (Wildman–Crippen MR) is 423 cm³/mol. The number of phosphoric ester groups is 2. The summed E-state index contributed by atoms with van der Waals surface area (Å²) in [5.74, 6) is -2.10. The molecule has 0 aliphatic rings. The lowest BCUT2D eigenvalue weighted by Crippen LogP contribution is -2.30. The Balaban J connectivity index is 5.26. The monoisotopic (exact) mass is 1510 g/mol. The molecule has 612 valence electrons. The van der Waals surface area contributed by atoms with Crippen LogP contribution in [0.5, 0.6) is 0 Å². The summed E-state index contributed by atoms with van der Waals surface area (Å²) in [5, 5.41) is 10.7. The first-order valence-electron chi connectivity index (χ1n) is 43.8. The molecule has 0 radical (unpaired) electrons. The van der Waals surface area contributed by atoms with Crippen molar-refractivity contribution in [1.29, 1.82) is 0 Å². The van der Waals surface area contributed by atoms with Crippen molar-refractivity contribution in [3.8, 4) is 0 Å². The zero-order valence-corrected chi connectivity index (χ0v) is 69.1. The number of hydrogen-bond donors (Lipinski definition) is 3. The maximum atomic E-state index is 13.1. The van der Waals surface area contributed by atoms with Gasteiger partial charge in [0.05, 0.1) is 26.4 Å². The topological polar surface area (TPSA) is 237 Å². The molecule has 0 rings (SSSR count). The van der Waals surface area contributed by atoms with Crippen LogP contribution in [0.1, 0.15) is 458 Å². The zero-order valence-electron chi connectivity index (χ0n) is 67.3. The summed E-state index contributed by atoms with van der Waals surface area (Å²) in [5.41, 5.74) is 0. The van der Waals surface area contributed by atoms with E-state index < -0.39 is 97.5 Å². The molecule has 2 unspecified atom stereocenters. The fourth-order valence-corrected chi connectivity index (χ4v) is 14.7. The van der Waals surface area contributed by atoms with Crippen molar-refractivity contribution in [3.63, 3.8) is 0 Å². The molecule has 19 heteroatoms. The van der Waals surface area contributed by atoms with E-state index in [1.54, 1.807) is 0 Å². The van der Waals surface area contributed by atoms with Gasteiger partial charge in [-0.1, -0.05) is 407 Å². The van der Waals surface area contributed by atoms with Gasteiger partial charge < -0.3 is 33.8 Å². The summed E-state index contributed by atoms with van der Waals surface area (Å²) in [4.78, 5) is 73.2. The van der Waals surface area contributed by atoms with Crippen LogP contribution in [0.3, 0.4) is 0 Å². The van der Waals surface area contributed by atoms with E-state index in [1.165, 1.54) is 289 Å². The summed E-state index contributed by atoms with van der Waals surface area (Å²) in [6, 6.07) is 0. The van der Waals surface area contributed by atoms with E-state index in [-0.39, 0.29) is 25.7 Å². The lowest BCUT2D eigenvalue weighted by molar-refractivity contribution is -0.161. The summed E-state index contributed by atoms with van der Waals surface area (Å²) in [6.45, 7) is 5.06. The molecule has 0 fully saturated rings. The molecule has 0 aromatic heterocycles. The van der Waals surface area contributed by atoms with Gasteiger partial charge >= 0.3 is 39.5 Å². The third-order valence-electron chi connectivity index (χ3n) is 19.9. The maximum absolute atomic E-state index is 13.1. The van der Waals surface area contributed by atoms with Crippen LogP contribution in [-0.4, -0.2) is 96.7 Å². The van der Waals surface area contributed by atoms with Crippen molar-refractivity contribution < 1.29 is 80.2 Å². The second-order valence-electron chi connectivity index (χ2n) is 30.2. The van der Waals surface area contributed by atoms with E-state index in [0.29, 0.717) is 25.7 Å². The van der Waals surface area contributed by atoms with Crippen molar-refractivity contribution in [2.24, 2.45) is 0 Å². The quantitative estimate of drug-likeness (QED) is 0.0222. The van der Waals surface area contributed by atoms with Crippen LogP contribution in [0.2, 0.25) is 0 Å². The van der Waals surface area contributed by atoms with Gasteiger partial charge in [0.1, 0.15) is 19.3 Å². The number of ether oxygens (including phenoxy) is 4. The molecule has 103 heavy (non-hydrogen) atoms. The molecule has 0 aromatic rings. The van der Waals surface area contributed by atoms with Crippen molar-refractivity contribution in [1.82, 2.24) is 0 Å². The number of rotatable bonds is 85. The average Bonchev–Trinajstić information content (AvgIpc) is 0.922. The highest BCUT2D eigenvalue weighted by Gasteiger charge is 2.30. The molecule has 5 atom stereocenters. The highest BCUT2D eigenvalue weighted by atomic mass is 31.2. The Morgan fingerprint density at radius 3 is 0.573 bits per heavy atom. The summed E-state index contributed by atoms with van der Waals surface area (Å²) in [6.07, 6.45) is 72.0. The Morgan fingerprint density at radius 2 is 0.388 bits per heavy atom. The van der Waals surface area contributed by atoms with Crippen LogP contribution in [0.4, 0.5) is 0 Å². The van der Waals surface area contributed by atoms with E-state index in [2.05, 4.69) is 27.7 Å². The van der Waals surface area contributed by atoms with E-state index in [0.717, 1.165) is 89.9 Å². The molecule has 3 N–H and O–H groups in total. The van der Waals surface area contributed by atoms with Crippen molar-refractivity contribution in [2.45, 2.75) is 476 Å². The van der Waals surface area contributed by atoms with Gasteiger partial charge in [-0.05, 0) is 25.7 Å². The Labute approximate surface area is 632 Å². The minimum atomic E-state index is -4.96. The number of phosphoric acid groups is 2. The second-order valence-corrected chi connectivity index (χ2v) is 33.1. The van der Waals surface area contributed by atoms with Crippen molar-refractivity contribution in [3.05, 3.63) is 0 Å². The van der Waals surface area contributed by atoms with E-state index in [1.807, 2.05) is 0 Å². The molecule has 0 aromatic carbocycles. The Kier molecular flexibility index (Phi) is 76.7. The Morgan fingerprint density at radius 1 is 0.233 bits per heavy atom. The number of carbonyl (C=O) groups excluding carboxylic acids is 4. The Hall–Kier alpha value is -1.94. The van der Waals surface area contributed by atoms with Crippen LogP contribution < -0.4 is 0 Å². The van der Waals surface area contributed by atoms with Crippen LogP contribution in [-0.2, 0) is 65.4 Å². The largest absolute Gasteiger partial charge is 0.472 e. The molecule has 0 spiro atoms. The smallest absolute Gasteiger partial charge is 0.462 e. The zero-order chi connectivity index (χ0) is 75.3. The molecule has 0 saturated heterocycles.